The number of nitrogens with zero attached hydrogens (tertiary/aromatic N) is 4. The lowest BCUT2D eigenvalue weighted by Gasteiger charge is -2.10. The second-order valence-electron chi connectivity index (χ2n) is 6.73. The Bertz CT molecular complexity index is 1060. The van der Waals surface area contributed by atoms with Crippen molar-refractivity contribution < 1.29 is 9.47 Å². The Morgan fingerprint density at radius 1 is 0.964 bits per heavy atom. The third-order valence-corrected chi connectivity index (χ3v) is 4.84. The van der Waals surface area contributed by atoms with Crippen molar-refractivity contribution in [1.82, 2.24) is 18.7 Å². The number of aryl methyl sites for hydroxylation is 2. The molecule has 0 fully saturated rings. The van der Waals surface area contributed by atoms with Gasteiger partial charge in [0.1, 0.15) is 0 Å². The largest absolute Gasteiger partial charge is 0.493 e. The minimum absolute atomic E-state index is 0.305. The predicted molar refractivity (Wildman–Crippen MR) is 107 cm³/mol. The predicted octanol–water partition coefficient (Wildman–Crippen LogP) is 2.08. The SMILES string of the molecule is COc1ccccc1OCCCCCCn1cnc2c1c(=O)n(C)c(=O)n2C. The highest BCUT2D eigenvalue weighted by atomic mass is 16.5. The first kappa shape index (κ1) is 19.7. The Balaban J connectivity index is 1.49. The molecule has 1 aromatic carbocycles. The topological polar surface area (TPSA) is 80.3 Å². The third-order valence-electron chi connectivity index (χ3n) is 4.84. The molecule has 0 aliphatic rings. The summed E-state index contributed by atoms with van der Waals surface area (Å²) >= 11 is 0. The van der Waals surface area contributed by atoms with Crippen LogP contribution >= 0.6 is 0 Å². The number of benzene rings is 1. The second kappa shape index (κ2) is 8.77. The van der Waals surface area contributed by atoms with E-state index >= 15 is 0 Å². The molecule has 0 amide bonds. The molecule has 0 saturated heterocycles. The van der Waals surface area contributed by atoms with Gasteiger partial charge in [-0.05, 0) is 25.0 Å². The van der Waals surface area contributed by atoms with Crippen LogP contribution in [0, 0.1) is 0 Å². The van der Waals surface area contributed by atoms with Crippen LogP contribution < -0.4 is 20.7 Å². The lowest BCUT2D eigenvalue weighted by atomic mass is 10.2. The number of aromatic nitrogens is 4. The van der Waals surface area contributed by atoms with Crippen molar-refractivity contribution in [3.63, 3.8) is 0 Å². The van der Waals surface area contributed by atoms with Gasteiger partial charge in [-0.3, -0.25) is 13.9 Å². The molecule has 2 heterocycles. The first-order valence-electron chi connectivity index (χ1n) is 9.41. The van der Waals surface area contributed by atoms with Gasteiger partial charge in [0.15, 0.2) is 22.7 Å². The van der Waals surface area contributed by atoms with E-state index in [1.54, 1.807) is 20.5 Å². The quantitative estimate of drug-likeness (QED) is 0.526. The minimum atomic E-state index is -0.363. The third kappa shape index (κ3) is 3.95. The lowest BCUT2D eigenvalue weighted by molar-refractivity contribution is 0.284. The maximum Gasteiger partial charge on any atom is 0.332 e. The molecule has 8 nitrogen and oxygen atoms in total. The summed E-state index contributed by atoms with van der Waals surface area (Å²) < 4.78 is 15.4. The van der Waals surface area contributed by atoms with Crippen molar-refractivity contribution in [3.05, 3.63) is 51.4 Å². The molecule has 3 aromatic rings. The van der Waals surface area contributed by atoms with Crippen molar-refractivity contribution in [1.29, 1.82) is 0 Å². The summed E-state index contributed by atoms with van der Waals surface area (Å²) in [6.07, 6.45) is 5.54. The van der Waals surface area contributed by atoms with Crippen LogP contribution in [0.4, 0.5) is 0 Å². The molecule has 28 heavy (non-hydrogen) atoms. The first-order chi connectivity index (χ1) is 13.5. The van der Waals surface area contributed by atoms with E-state index in [1.807, 2.05) is 28.8 Å². The van der Waals surface area contributed by atoms with Crippen molar-refractivity contribution >= 4 is 11.2 Å². The number of fused-ring (bicyclic) bond motifs is 1. The van der Waals surface area contributed by atoms with Gasteiger partial charge in [-0.15, -0.1) is 0 Å². The fourth-order valence-corrected chi connectivity index (χ4v) is 3.22. The highest BCUT2D eigenvalue weighted by molar-refractivity contribution is 5.69. The summed E-state index contributed by atoms with van der Waals surface area (Å²) in [5.74, 6) is 1.50. The van der Waals surface area contributed by atoms with E-state index in [9.17, 15) is 9.59 Å². The van der Waals surface area contributed by atoms with Crippen molar-refractivity contribution in [2.75, 3.05) is 13.7 Å². The number of rotatable bonds is 9. The van der Waals surface area contributed by atoms with Crippen molar-refractivity contribution in [3.8, 4) is 11.5 Å². The standard InChI is InChI=1S/C20H26N4O4/c1-22-18-17(19(25)23(2)20(22)26)24(14-21-18)12-8-4-5-9-13-28-16-11-7-6-10-15(16)27-3/h6-7,10-11,14H,4-5,8-9,12-13H2,1-3H3. The van der Waals surface area contributed by atoms with Gasteiger partial charge in [0.2, 0.25) is 0 Å². The summed E-state index contributed by atoms with van der Waals surface area (Å²) in [6, 6.07) is 7.62. The monoisotopic (exact) mass is 386 g/mol. The molecule has 0 aliphatic heterocycles. The summed E-state index contributed by atoms with van der Waals surface area (Å²) in [4.78, 5) is 28.6. The normalized spacial score (nSPS) is 11.1. The van der Waals surface area contributed by atoms with Crippen LogP contribution in [0.3, 0.4) is 0 Å². The maximum atomic E-state index is 12.4. The van der Waals surface area contributed by atoms with Crippen LogP contribution in [0.2, 0.25) is 0 Å². The smallest absolute Gasteiger partial charge is 0.332 e. The average molecular weight is 386 g/mol. The van der Waals surface area contributed by atoms with E-state index in [0.717, 1.165) is 41.7 Å². The number of ether oxygens (including phenoxy) is 2. The van der Waals surface area contributed by atoms with Crippen LogP contribution in [0.15, 0.2) is 40.2 Å². The number of methoxy groups -OCH3 is 1. The zero-order valence-electron chi connectivity index (χ0n) is 16.6. The molecule has 3 rings (SSSR count). The molecule has 150 valence electrons. The molecule has 0 atom stereocenters. The summed E-state index contributed by atoms with van der Waals surface area (Å²) in [5, 5.41) is 0. The van der Waals surface area contributed by atoms with Gasteiger partial charge in [-0.2, -0.15) is 0 Å². The van der Waals surface area contributed by atoms with Crippen molar-refractivity contribution in [2.24, 2.45) is 14.1 Å². The molecule has 2 aromatic heterocycles. The van der Waals surface area contributed by atoms with Crippen LogP contribution in [0.1, 0.15) is 25.7 Å². The fourth-order valence-electron chi connectivity index (χ4n) is 3.22. The number of para-hydroxylation sites is 2. The summed E-state index contributed by atoms with van der Waals surface area (Å²) in [7, 11) is 4.75. The van der Waals surface area contributed by atoms with E-state index < -0.39 is 0 Å². The zero-order valence-corrected chi connectivity index (χ0v) is 16.6. The van der Waals surface area contributed by atoms with Gasteiger partial charge in [0, 0.05) is 20.6 Å². The Hall–Kier alpha value is -3.03. The molecule has 0 unspecified atom stereocenters. The number of hydrogen-bond acceptors (Lipinski definition) is 5. The van der Waals surface area contributed by atoms with Gasteiger partial charge >= 0.3 is 5.69 Å². The lowest BCUT2D eigenvalue weighted by Crippen LogP contribution is -2.37. The van der Waals surface area contributed by atoms with Gasteiger partial charge < -0.3 is 14.0 Å². The Kier molecular flexibility index (Phi) is 6.18. The first-order valence-corrected chi connectivity index (χ1v) is 9.41. The van der Waals surface area contributed by atoms with Crippen LogP contribution in [0.25, 0.3) is 11.2 Å². The van der Waals surface area contributed by atoms with Crippen LogP contribution in [-0.2, 0) is 20.6 Å². The van der Waals surface area contributed by atoms with Crippen LogP contribution in [-0.4, -0.2) is 32.4 Å². The molecule has 0 aliphatic carbocycles. The van der Waals surface area contributed by atoms with Gasteiger partial charge in [-0.25, -0.2) is 9.78 Å². The van der Waals surface area contributed by atoms with E-state index in [-0.39, 0.29) is 11.2 Å². The summed E-state index contributed by atoms with van der Waals surface area (Å²) in [6.45, 7) is 1.33. The van der Waals surface area contributed by atoms with Crippen molar-refractivity contribution in [2.45, 2.75) is 32.2 Å². The molecular weight excluding hydrogens is 360 g/mol. The van der Waals surface area contributed by atoms with E-state index in [1.165, 1.54) is 11.6 Å². The Labute approximate surface area is 163 Å². The van der Waals surface area contributed by atoms with Gasteiger partial charge in [0.25, 0.3) is 5.56 Å². The molecule has 0 bridgehead atoms. The van der Waals surface area contributed by atoms with E-state index in [4.69, 9.17) is 9.47 Å². The van der Waals surface area contributed by atoms with Gasteiger partial charge in [-0.1, -0.05) is 25.0 Å². The fraction of sp³-hybridized carbons (Fsp3) is 0.450. The number of unbranched alkanes of at least 4 members (excludes halogenated alkanes) is 3. The molecule has 8 heteroatoms. The van der Waals surface area contributed by atoms with Crippen LogP contribution in [0.5, 0.6) is 11.5 Å². The van der Waals surface area contributed by atoms with Gasteiger partial charge in [0.05, 0.1) is 20.0 Å². The Morgan fingerprint density at radius 2 is 1.68 bits per heavy atom. The molecule has 0 radical (unpaired) electrons. The number of hydrogen-bond donors (Lipinski definition) is 0. The molecule has 0 spiro atoms. The molecule has 0 saturated carbocycles. The average Bonchev–Trinajstić information content (AvgIpc) is 3.14. The second-order valence-corrected chi connectivity index (χ2v) is 6.73. The molecular formula is C20H26N4O4. The highest BCUT2D eigenvalue weighted by Crippen LogP contribution is 2.25. The van der Waals surface area contributed by atoms with E-state index in [0.29, 0.717) is 24.3 Å². The highest BCUT2D eigenvalue weighted by Gasteiger charge is 2.13. The Morgan fingerprint density at radius 3 is 2.43 bits per heavy atom. The summed E-state index contributed by atoms with van der Waals surface area (Å²) in [5.41, 5.74) is 0.237. The maximum absolute atomic E-state index is 12.4. The van der Waals surface area contributed by atoms with E-state index in [2.05, 4.69) is 4.98 Å². The zero-order chi connectivity index (χ0) is 20.1. The molecule has 0 N–H and O–H groups in total. The number of imidazole rings is 1. The minimum Gasteiger partial charge on any atom is -0.493 e.